The lowest BCUT2D eigenvalue weighted by Crippen LogP contribution is -2.59. The van der Waals surface area contributed by atoms with Crippen molar-refractivity contribution >= 4 is 57.5 Å². The van der Waals surface area contributed by atoms with E-state index in [1.54, 1.807) is 24.3 Å². The van der Waals surface area contributed by atoms with Crippen molar-refractivity contribution in [2.24, 2.45) is 23.2 Å². The van der Waals surface area contributed by atoms with Gasteiger partial charge in [0, 0.05) is 35.4 Å². The monoisotopic (exact) mass is 818 g/mol. The van der Waals surface area contributed by atoms with Gasteiger partial charge in [-0.05, 0) is 74.8 Å². The fourth-order valence-corrected chi connectivity index (χ4v) is 9.37. The Balaban J connectivity index is 1.20. The fourth-order valence-electron chi connectivity index (χ4n) is 8.52. The Hall–Kier alpha value is -4.99. The number of benzene rings is 1. The standard InChI is InChI=1S/C42H54N6O9S/c1-8-25-19-42(25,38(52)54-7)47-36(50)33-17-28(20-48(33)37(51)35(41(4,5)6)46-40(53)57-27-14-23-13-24(23)15-27)56-34-18-31(32-21-58-39(45-32)43-22(2)3)44-30-16-26(55-12-11-49)9-10-29(30)34/h9-11,16,18,21-25,27-28,33,35H,8,12-15,17,19-20H2,1-7H3,(H,43,45)(H,46,53)(H,47,50)/t23-,24+,25-,27?,28-,33+,35-,42-/m1/s1. The average Bonchev–Trinajstić information content (AvgIpc) is 3.84. The molecular formula is C42H54N6O9S. The number of carbonyl (C=O) groups excluding carboxylic acids is 5. The number of likely N-dealkylation sites (tertiary alicyclic amines) is 1. The molecule has 7 rings (SSSR count). The molecule has 0 radical (unpaired) electrons. The lowest BCUT2D eigenvalue weighted by Gasteiger charge is -2.35. The number of pyridine rings is 1. The molecular weight excluding hydrogens is 765 g/mol. The number of aromatic nitrogens is 2. The van der Waals surface area contributed by atoms with Gasteiger partial charge in [0.1, 0.15) is 53.6 Å². The normalized spacial score (nSPS) is 26.4. The molecule has 1 saturated heterocycles. The summed E-state index contributed by atoms with van der Waals surface area (Å²) in [6, 6.07) is 5.09. The van der Waals surface area contributed by atoms with E-state index in [4.69, 9.17) is 28.9 Å². The summed E-state index contributed by atoms with van der Waals surface area (Å²) in [5.74, 6) is 0.491. The molecule has 4 aliphatic rings. The Morgan fingerprint density at radius 3 is 2.45 bits per heavy atom. The number of carbonyl (C=O) groups is 5. The summed E-state index contributed by atoms with van der Waals surface area (Å²) in [7, 11) is 1.29. The zero-order valence-electron chi connectivity index (χ0n) is 34.2. The van der Waals surface area contributed by atoms with Crippen LogP contribution < -0.4 is 25.4 Å². The van der Waals surface area contributed by atoms with Crippen molar-refractivity contribution in [2.45, 2.75) is 116 Å². The molecule has 312 valence electrons. The smallest absolute Gasteiger partial charge is 0.408 e. The fraction of sp³-hybridized carbons (Fsp3) is 0.595. The van der Waals surface area contributed by atoms with Crippen LogP contribution in [0.2, 0.25) is 0 Å². The number of hydrogen-bond donors (Lipinski definition) is 3. The Labute approximate surface area is 342 Å². The van der Waals surface area contributed by atoms with Gasteiger partial charge in [0.2, 0.25) is 11.8 Å². The van der Waals surface area contributed by atoms with Crippen molar-refractivity contribution in [1.29, 1.82) is 0 Å². The summed E-state index contributed by atoms with van der Waals surface area (Å²) < 4.78 is 23.2. The molecule has 1 unspecified atom stereocenters. The molecule has 15 nitrogen and oxygen atoms in total. The van der Waals surface area contributed by atoms with Crippen LogP contribution in [0.4, 0.5) is 9.93 Å². The van der Waals surface area contributed by atoms with Gasteiger partial charge in [0.25, 0.3) is 0 Å². The maximum Gasteiger partial charge on any atom is 0.408 e. The van der Waals surface area contributed by atoms with Crippen LogP contribution in [0.25, 0.3) is 22.3 Å². The summed E-state index contributed by atoms with van der Waals surface area (Å²) in [6.45, 7) is 11.4. The van der Waals surface area contributed by atoms with E-state index in [1.807, 2.05) is 46.9 Å². The zero-order chi connectivity index (χ0) is 41.5. The van der Waals surface area contributed by atoms with Crippen LogP contribution in [-0.2, 0) is 28.7 Å². The first-order valence-corrected chi connectivity index (χ1v) is 21.1. The predicted octanol–water partition coefficient (Wildman–Crippen LogP) is 5.50. The van der Waals surface area contributed by atoms with Crippen molar-refractivity contribution in [2.75, 3.05) is 25.6 Å². The molecule has 8 atom stereocenters. The van der Waals surface area contributed by atoms with Crippen LogP contribution >= 0.6 is 11.3 Å². The van der Waals surface area contributed by atoms with Crippen molar-refractivity contribution < 1.29 is 42.9 Å². The van der Waals surface area contributed by atoms with Gasteiger partial charge in [-0.3, -0.25) is 14.4 Å². The molecule has 3 aromatic rings. The first-order valence-electron chi connectivity index (χ1n) is 20.2. The van der Waals surface area contributed by atoms with Crippen LogP contribution in [0.15, 0.2) is 29.6 Å². The van der Waals surface area contributed by atoms with E-state index in [0.717, 1.165) is 18.0 Å². The Kier molecular flexibility index (Phi) is 11.6. The van der Waals surface area contributed by atoms with E-state index in [9.17, 15) is 24.0 Å². The number of hydrogen-bond acceptors (Lipinski definition) is 13. The highest BCUT2D eigenvalue weighted by molar-refractivity contribution is 7.14. The third kappa shape index (κ3) is 8.71. The number of thiazole rings is 1. The summed E-state index contributed by atoms with van der Waals surface area (Å²) >= 11 is 1.45. The first-order chi connectivity index (χ1) is 27.6. The van der Waals surface area contributed by atoms with Gasteiger partial charge in [-0.25, -0.2) is 19.6 Å². The summed E-state index contributed by atoms with van der Waals surface area (Å²) in [6.07, 6.45) is 3.15. The van der Waals surface area contributed by atoms with E-state index in [1.165, 1.54) is 29.8 Å². The molecule has 2 aromatic heterocycles. The van der Waals surface area contributed by atoms with Crippen molar-refractivity contribution in [3.05, 3.63) is 29.6 Å². The van der Waals surface area contributed by atoms with Crippen LogP contribution in [0, 0.1) is 23.2 Å². The van der Waals surface area contributed by atoms with Crippen LogP contribution in [0.5, 0.6) is 11.5 Å². The van der Waals surface area contributed by atoms with E-state index < -0.39 is 53.0 Å². The third-order valence-corrected chi connectivity index (χ3v) is 12.5. The molecule has 0 spiro atoms. The van der Waals surface area contributed by atoms with Gasteiger partial charge in [0.15, 0.2) is 11.4 Å². The van der Waals surface area contributed by atoms with Gasteiger partial charge in [-0.2, -0.15) is 0 Å². The third-order valence-electron chi connectivity index (χ3n) is 11.7. The molecule has 16 heteroatoms. The highest BCUT2D eigenvalue weighted by atomic mass is 32.1. The lowest BCUT2D eigenvalue weighted by atomic mass is 9.85. The molecule has 3 heterocycles. The SMILES string of the molecule is CC[C@@H]1C[C@]1(NC(=O)[C@@H]1C[C@@H](Oc2cc(-c3csc(NC(C)C)n3)nc3cc(OCC=O)ccc23)CN1C(=O)[C@@H](NC(=O)OC1C[C@@H]2C[C@@H]2C1)C(C)(C)C)C(=O)OC. The number of anilines is 1. The lowest BCUT2D eigenvalue weighted by molar-refractivity contribution is -0.148. The number of alkyl carbamates (subject to hydrolysis) is 1. The molecule has 1 aromatic carbocycles. The molecule has 0 bridgehead atoms. The number of methoxy groups -OCH3 is 1. The number of amides is 3. The second kappa shape index (κ2) is 16.3. The first kappa shape index (κ1) is 41.2. The second-order valence-electron chi connectivity index (χ2n) is 17.4. The largest absolute Gasteiger partial charge is 0.488 e. The molecule has 3 amide bonds. The Morgan fingerprint density at radius 2 is 1.79 bits per heavy atom. The quantitative estimate of drug-likeness (QED) is 0.129. The van der Waals surface area contributed by atoms with Crippen LogP contribution in [0.1, 0.15) is 80.1 Å². The van der Waals surface area contributed by atoms with E-state index in [2.05, 4.69) is 16.0 Å². The van der Waals surface area contributed by atoms with Crippen LogP contribution in [0.3, 0.4) is 0 Å². The Morgan fingerprint density at radius 1 is 1.03 bits per heavy atom. The highest BCUT2D eigenvalue weighted by Gasteiger charge is 2.62. The van der Waals surface area contributed by atoms with Crippen molar-refractivity contribution in [1.82, 2.24) is 25.5 Å². The number of esters is 1. The van der Waals surface area contributed by atoms with Gasteiger partial charge in [0.05, 0.1) is 24.9 Å². The second-order valence-corrected chi connectivity index (χ2v) is 18.3. The zero-order valence-corrected chi connectivity index (χ0v) is 35.0. The Bertz CT molecular complexity index is 2060. The van der Waals surface area contributed by atoms with E-state index >= 15 is 0 Å². The number of nitrogens with zero attached hydrogens (tertiary/aromatic N) is 3. The number of fused-ring (bicyclic) bond motifs is 2. The summed E-state index contributed by atoms with van der Waals surface area (Å²) in [4.78, 5) is 77.6. The highest BCUT2D eigenvalue weighted by Crippen LogP contribution is 2.52. The van der Waals surface area contributed by atoms with Gasteiger partial charge < -0.3 is 39.8 Å². The van der Waals surface area contributed by atoms with Gasteiger partial charge in [-0.15, -0.1) is 11.3 Å². The maximum atomic E-state index is 14.7. The number of rotatable bonds is 15. The average molecular weight is 819 g/mol. The van der Waals surface area contributed by atoms with Crippen molar-refractivity contribution in [3.63, 3.8) is 0 Å². The molecule has 3 saturated carbocycles. The minimum absolute atomic E-state index is 0.00742. The number of ether oxygens (including phenoxy) is 4. The van der Waals surface area contributed by atoms with Gasteiger partial charge in [-0.1, -0.05) is 34.1 Å². The van der Waals surface area contributed by atoms with E-state index in [-0.39, 0.29) is 37.6 Å². The molecule has 1 aliphatic heterocycles. The van der Waals surface area contributed by atoms with Crippen molar-refractivity contribution in [3.8, 4) is 22.9 Å². The summed E-state index contributed by atoms with van der Waals surface area (Å²) in [5.41, 5.74) is -0.280. The number of aldehydes is 1. The maximum absolute atomic E-state index is 14.7. The molecule has 4 fully saturated rings. The topological polar surface area (TPSA) is 187 Å². The minimum atomic E-state index is -1.18. The number of nitrogens with one attached hydrogen (secondary N) is 3. The summed E-state index contributed by atoms with van der Waals surface area (Å²) in [5, 5.41) is 12.4. The van der Waals surface area contributed by atoms with Gasteiger partial charge >= 0.3 is 12.1 Å². The minimum Gasteiger partial charge on any atom is -0.488 e. The molecule has 58 heavy (non-hydrogen) atoms. The van der Waals surface area contributed by atoms with E-state index in [0.29, 0.717) is 64.8 Å². The molecule has 3 N–H and O–H groups in total. The molecule has 3 aliphatic carbocycles. The predicted molar refractivity (Wildman–Crippen MR) is 216 cm³/mol. The van der Waals surface area contributed by atoms with Crippen LogP contribution in [-0.4, -0.2) is 101 Å².